The molecular formula is C17H18O4. The largest absolute Gasteiger partial charge is 0.488 e. The Morgan fingerprint density at radius 1 is 1.00 bits per heavy atom. The molecule has 2 aromatic carbocycles. The molecule has 0 aliphatic carbocycles. The summed E-state index contributed by atoms with van der Waals surface area (Å²) in [6.45, 7) is 3.43. The van der Waals surface area contributed by atoms with Gasteiger partial charge in [-0.1, -0.05) is 24.3 Å². The topological polar surface area (TPSA) is 55.8 Å². The molecule has 0 aliphatic rings. The van der Waals surface area contributed by atoms with Gasteiger partial charge in [-0.05, 0) is 38.1 Å². The average Bonchev–Trinajstić information content (AvgIpc) is 2.48. The fourth-order valence-corrected chi connectivity index (χ4v) is 1.66. The van der Waals surface area contributed by atoms with E-state index >= 15 is 0 Å². The van der Waals surface area contributed by atoms with Crippen molar-refractivity contribution in [1.82, 2.24) is 0 Å². The summed E-state index contributed by atoms with van der Waals surface area (Å²) in [5, 5.41) is 9.44. The Kier molecular flexibility index (Phi) is 4.95. The molecule has 0 spiro atoms. The molecular weight excluding hydrogens is 268 g/mol. The van der Waals surface area contributed by atoms with E-state index < -0.39 is 12.1 Å². The Balaban J connectivity index is 2.06. The predicted molar refractivity (Wildman–Crippen MR) is 79.6 cm³/mol. The van der Waals surface area contributed by atoms with Crippen LogP contribution in [0.1, 0.15) is 24.2 Å². The van der Waals surface area contributed by atoms with Gasteiger partial charge in [-0.3, -0.25) is 0 Å². The van der Waals surface area contributed by atoms with E-state index in [1.807, 2.05) is 6.07 Å². The van der Waals surface area contributed by atoms with Crippen LogP contribution >= 0.6 is 0 Å². The predicted octanol–water partition coefficient (Wildman–Crippen LogP) is 3.05. The van der Waals surface area contributed by atoms with Gasteiger partial charge in [0.1, 0.15) is 17.6 Å². The summed E-state index contributed by atoms with van der Waals surface area (Å²) in [7, 11) is 0. The first-order chi connectivity index (χ1) is 10.1. The minimum atomic E-state index is -0.583. The van der Waals surface area contributed by atoms with Gasteiger partial charge in [0.15, 0.2) is 0 Å². The SMILES string of the molecule is C[C@H](Oc1cccc(OC(=O)c2ccccc2)c1)[C@@H](C)O. The number of carbonyl (C=O) groups is 1. The maximum atomic E-state index is 12.0. The van der Waals surface area contributed by atoms with Gasteiger partial charge in [-0.25, -0.2) is 4.79 Å². The molecule has 0 saturated carbocycles. The van der Waals surface area contributed by atoms with E-state index in [9.17, 15) is 9.90 Å². The van der Waals surface area contributed by atoms with E-state index in [0.29, 0.717) is 17.1 Å². The van der Waals surface area contributed by atoms with E-state index in [1.54, 1.807) is 62.4 Å². The van der Waals surface area contributed by atoms with E-state index in [-0.39, 0.29) is 6.10 Å². The molecule has 110 valence electrons. The minimum absolute atomic E-state index is 0.343. The minimum Gasteiger partial charge on any atom is -0.488 e. The number of aliphatic hydroxyl groups is 1. The molecule has 0 bridgehead atoms. The van der Waals surface area contributed by atoms with Gasteiger partial charge in [0.25, 0.3) is 0 Å². The number of hydrogen-bond acceptors (Lipinski definition) is 4. The summed E-state index contributed by atoms with van der Waals surface area (Å²) in [5.74, 6) is 0.525. The molecule has 0 aliphatic heterocycles. The van der Waals surface area contributed by atoms with Gasteiger partial charge in [0, 0.05) is 6.07 Å². The summed E-state index contributed by atoms with van der Waals surface area (Å²) in [5.41, 5.74) is 0.487. The van der Waals surface area contributed by atoms with Crippen LogP contribution in [0.2, 0.25) is 0 Å². The molecule has 2 aromatic rings. The van der Waals surface area contributed by atoms with E-state index in [2.05, 4.69) is 0 Å². The third-order valence-electron chi connectivity index (χ3n) is 3.03. The Morgan fingerprint density at radius 2 is 1.67 bits per heavy atom. The first-order valence-corrected chi connectivity index (χ1v) is 6.78. The standard InChI is InChI=1S/C17H18O4/c1-12(18)13(2)20-15-9-6-10-16(11-15)21-17(19)14-7-4-3-5-8-14/h3-13,18H,1-2H3/t12-,13+/m1/s1. The molecule has 0 heterocycles. The highest BCUT2D eigenvalue weighted by Crippen LogP contribution is 2.22. The molecule has 2 rings (SSSR count). The van der Waals surface area contributed by atoms with Crippen molar-refractivity contribution in [2.45, 2.75) is 26.1 Å². The van der Waals surface area contributed by atoms with Gasteiger partial charge in [-0.2, -0.15) is 0 Å². The lowest BCUT2D eigenvalue weighted by molar-refractivity contribution is 0.0599. The fraction of sp³-hybridized carbons (Fsp3) is 0.235. The van der Waals surface area contributed by atoms with Gasteiger partial charge >= 0.3 is 5.97 Å². The second-order valence-corrected chi connectivity index (χ2v) is 4.79. The Bertz CT molecular complexity index is 593. The van der Waals surface area contributed by atoms with Crippen molar-refractivity contribution in [3.63, 3.8) is 0 Å². The highest BCUT2D eigenvalue weighted by atomic mass is 16.5. The van der Waals surface area contributed by atoms with Crippen molar-refractivity contribution in [3.8, 4) is 11.5 Å². The lowest BCUT2D eigenvalue weighted by atomic mass is 10.2. The number of aliphatic hydroxyl groups excluding tert-OH is 1. The summed E-state index contributed by atoms with van der Waals surface area (Å²) >= 11 is 0. The van der Waals surface area contributed by atoms with E-state index in [4.69, 9.17) is 9.47 Å². The smallest absolute Gasteiger partial charge is 0.343 e. The number of ether oxygens (including phenoxy) is 2. The zero-order valence-electron chi connectivity index (χ0n) is 12.0. The molecule has 1 N–H and O–H groups in total. The number of benzene rings is 2. The van der Waals surface area contributed by atoms with E-state index in [1.165, 1.54) is 0 Å². The first-order valence-electron chi connectivity index (χ1n) is 6.78. The molecule has 0 fully saturated rings. The van der Waals surface area contributed by atoms with Crippen LogP contribution in [0.25, 0.3) is 0 Å². The summed E-state index contributed by atoms with van der Waals surface area (Å²) in [6, 6.07) is 15.6. The summed E-state index contributed by atoms with van der Waals surface area (Å²) < 4.78 is 10.9. The average molecular weight is 286 g/mol. The highest BCUT2D eigenvalue weighted by molar-refractivity contribution is 5.90. The second kappa shape index (κ2) is 6.90. The maximum Gasteiger partial charge on any atom is 0.343 e. The van der Waals surface area contributed by atoms with E-state index in [0.717, 1.165) is 0 Å². The van der Waals surface area contributed by atoms with Crippen molar-refractivity contribution in [3.05, 3.63) is 60.2 Å². The molecule has 0 saturated heterocycles. The van der Waals surface area contributed by atoms with Crippen LogP contribution < -0.4 is 9.47 Å². The van der Waals surface area contributed by atoms with Gasteiger partial charge < -0.3 is 14.6 Å². The van der Waals surface area contributed by atoms with Crippen molar-refractivity contribution in [2.24, 2.45) is 0 Å². The van der Waals surface area contributed by atoms with Gasteiger partial charge in [0.2, 0.25) is 0 Å². The quantitative estimate of drug-likeness (QED) is 0.678. The molecule has 2 atom stereocenters. The van der Waals surface area contributed by atoms with Crippen molar-refractivity contribution in [2.75, 3.05) is 0 Å². The van der Waals surface area contributed by atoms with Crippen molar-refractivity contribution >= 4 is 5.97 Å². The van der Waals surface area contributed by atoms with Crippen LogP contribution in [0, 0.1) is 0 Å². The lowest BCUT2D eigenvalue weighted by Gasteiger charge is -2.17. The molecule has 4 nitrogen and oxygen atoms in total. The first kappa shape index (κ1) is 15.1. The van der Waals surface area contributed by atoms with Crippen molar-refractivity contribution < 1.29 is 19.4 Å². The summed E-state index contributed by atoms with van der Waals surface area (Å²) in [4.78, 5) is 12.0. The number of esters is 1. The van der Waals surface area contributed by atoms with Crippen LogP contribution in [0.5, 0.6) is 11.5 Å². The second-order valence-electron chi connectivity index (χ2n) is 4.79. The number of hydrogen-bond donors (Lipinski definition) is 1. The normalized spacial score (nSPS) is 13.3. The summed E-state index contributed by atoms with van der Waals surface area (Å²) in [6.07, 6.45) is -0.925. The van der Waals surface area contributed by atoms with Crippen LogP contribution in [-0.4, -0.2) is 23.3 Å². The molecule has 0 amide bonds. The number of rotatable bonds is 5. The fourth-order valence-electron chi connectivity index (χ4n) is 1.66. The highest BCUT2D eigenvalue weighted by Gasteiger charge is 2.12. The Morgan fingerprint density at radius 3 is 2.33 bits per heavy atom. The lowest BCUT2D eigenvalue weighted by Crippen LogP contribution is -2.25. The van der Waals surface area contributed by atoms with Crippen LogP contribution in [-0.2, 0) is 0 Å². The zero-order chi connectivity index (χ0) is 15.2. The Labute approximate surface area is 123 Å². The van der Waals surface area contributed by atoms with Gasteiger partial charge in [-0.15, -0.1) is 0 Å². The third-order valence-corrected chi connectivity index (χ3v) is 3.03. The molecule has 0 radical (unpaired) electrons. The third kappa shape index (κ3) is 4.33. The zero-order valence-corrected chi connectivity index (χ0v) is 12.0. The molecule has 0 aromatic heterocycles. The van der Waals surface area contributed by atoms with Crippen molar-refractivity contribution in [1.29, 1.82) is 0 Å². The monoisotopic (exact) mass is 286 g/mol. The van der Waals surface area contributed by atoms with Gasteiger partial charge in [0.05, 0.1) is 11.7 Å². The van der Waals surface area contributed by atoms with Crippen LogP contribution in [0.15, 0.2) is 54.6 Å². The number of carbonyl (C=O) groups excluding carboxylic acids is 1. The Hall–Kier alpha value is -2.33. The maximum absolute atomic E-state index is 12.0. The van der Waals surface area contributed by atoms with Crippen LogP contribution in [0.3, 0.4) is 0 Å². The van der Waals surface area contributed by atoms with Crippen LogP contribution in [0.4, 0.5) is 0 Å². The molecule has 4 heteroatoms. The molecule has 0 unspecified atom stereocenters. The molecule has 21 heavy (non-hydrogen) atoms.